The SMILES string of the molecule is Cc1cc(NC(=O)CCN2CC(C)OC(CO)C2)no1. The Morgan fingerprint density at radius 2 is 2.40 bits per heavy atom. The molecular formula is C13H21N3O4. The van der Waals surface area contributed by atoms with Gasteiger partial charge in [0.05, 0.1) is 18.8 Å². The van der Waals surface area contributed by atoms with Crippen molar-refractivity contribution in [3.63, 3.8) is 0 Å². The maximum absolute atomic E-state index is 11.8. The number of carbonyl (C=O) groups excluding carboxylic acids is 1. The fraction of sp³-hybridized carbons (Fsp3) is 0.692. The minimum absolute atomic E-state index is 0.00521. The first-order valence-corrected chi connectivity index (χ1v) is 6.78. The van der Waals surface area contributed by atoms with Gasteiger partial charge in [0.1, 0.15) is 5.76 Å². The smallest absolute Gasteiger partial charge is 0.226 e. The molecule has 2 heterocycles. The van der Waals surface area contributed by atoms with Gasteiger partial charge in [0.15, 0.2) is 5.82 Å². The summed E-state index contributed by atoms with van der Waals surface area (Å²) in [7, 11) is 0. The predicted molar refractivity (Wildman–Crippen MR) is 72.3 cm³/mol. The van der Waals surface area contributed by atoms with Crippen molar-refractivity contribution in [3.05, 3.63) is 11.8 Å². The minimum Gasteiger partial charge on any atom is -0.394 e. The number of ether oxygens (including phenoxy) is 1. The third kappa shape index (κ3) is 4.29. The van der Waals surface area contributed by atoms with E-state index in [0.717, 1.165) is 6.54 Å². The second-order valence-corrected chi connectivity index (χ2v) is 5.13. The van der Waals surface area contributed by atoms with E-state index < -0.39 is 0 Å². The topological polar surface area (TPSA) is 87.8 Å². The van der Waals surface area contributed by atoms with E-state index in [9.17, 15) is 4.79 Å². The Labute approximate surface area is 117 Å². The standard InChI is InChI=1S/C13H21N3O4/c1-9-5-12(15-20-9)14-13(18)3-4-16-6-10(2)19-11(7-16)8-17/h5,10-11,17H,3-4,6-8H2,1-2H3,(H,14,15,18). The van der Waals surface area contributed by atoms with Crippen LogP contribution in [-0.4, -0.2) is 59.5 Å². The highest BCUT2D eigenvalue weighted by Gasteiger charge is 2.24. The normalized spacial score (nSPS) is 23.8. The first kappa shape index (κ1) is 15.0. The molecule has 1 aromatic heterocycles. The Balaban J connectivity index is 1.75. The fourth-order valence-electron chi connectivity index (χ4n) is 2.31. The van der Waals surface area contributed by atoms with Crippen LogP contribution in [0.4, 0.5) is 5.82 Å². The van der Waals surface area contributed by atoms with E-state index in [2.05, 4.69) is 15.4 Å². The number of hydrogen-bond acceptors (Lipinski definition) is 6. The van der Waals surface area contributed by atoms with Crippen molar-refractivity contribution >= 4 is 11.7 Å². The van der Waals surface area contributed by atoms with Crippen LogP contribution in [0.5, 0.6) is 0 Å². The number of aliphatic hydroxyl groups is 1. The van der Waals surface area contributed by atoms with Gasteiger partial charge >= 0.3 is 0 Å². The molecule has 20 heavy (non-hydrogen) atoms. The highest BCUT2D eigenvalue weighted by molar-refractivity contribution is 5.89. The number of anilines is 1. The first-order valence-electron chi connectivity index (χ1n) is 6.78. The summed E-state index contributed by atoms with van der Waals surface area (Å²) in [5.41, 5.74) is 0. The molecule has 0 saturated carbocycles. The number of carbonyl (C=O) groups is 1. The van der Waals surface area contributed by atoms with E-state index in [1.807, 2.05) is 6.92 Å². The number of rotatable bonds is 5. The highest BCUT2D eigenvalue weighted by Crippen LogP contribution is 2.12. The predicted octanol–water partition coefficient (Wildman–Crippen LogP) is 0.393. The molecule has 112 valence electrons. The molecule has 0 aromatic carbocycles. The van der Waals surface area contributed by atoms with Crippen molar-refractivity contribution in [2.45, 2.75) is 32.5 Å². The Bertz CT molecular complexity index is 449. The quantitative estimate of drug-likeness (QED) is 0.813. The lowest BCUT2D eigenvalue weighted by Gasteiger charge is -2.35. The molecule has 1 aliphatic rings. The number of nitrogens with zero attached hydrogens (tertiary/aromatic N) is 2. The summed E-state index contributed by atoms with van der Waals surface area (Å²) in [5.74, 6) is 1.00. The molecule has 1 fully saturated rings. The van der Waals surface area contributed by atoms with Gasteiger partial charge in [-0.1, -0.05) is 5.16 Å². The van der Waals surface area contributed by atoms with Crippen LogP contribution in [-0.2, 0) is 9.53 Å². The van der Waals surface area contributed by atoms with E-state index in [0.29, 0.717) is 31.1 Å². The Morgan fingerprint density at radius 3 is 3.05 bits per heavy atom. The summed E-state index contributed by atoms with van der Waals surface area (Å²) in [6, 6.07) is 1.68. The molecule has 1 aromatic rings. The van der Waals surface area contributed by atoms with E-state index in [1.54, 1.807) is 13.0 Å². The summed E-state index contributed by atoms with van der Waals surface area (Å²) in [4.78, 5) is 13.9. The molecule has 2 N–H and O–H groups in total. The van der Waals surface area contributed by atoms with Gasteiger partial charge < -0.3 is 19.7 Å². The van der Waals surface area contributed by atoms with Crippen molar-refractivity contribution in [3.8, 4) is 0 Å². The van der Waals surface area contributed by atoms with Gasteiger partial charge in [0.25, 0.3) is 0 Å². The molecule has 1 amide bonds. The molecule has 2 atom stereocenters. The zero-order valence-corrected chi connectivity index (χ0v) is 11.8. The van der Waals surface area contributed by atoms with Crippen molar-refractivity contribution in [1.29, 1.82) is 0 Å². The number of morpholine rings is 1. The average molecular weight is 283 g/mol. The van der Waals surface area contributed by atoms with Crippen LogP contribution in [0.1, 0.15) is 19.1 Å². The van der Waals surface area contributed by atoms with Gasteiger partial charge in [0, 0.05) is 32.1 Å². The summed E-state index contributed by atoms with van der Waals surface area (Å²) >= 11 is 0. The molecule has 0 aliphatic carbocycles. The molecule has 2 rings (SSSR count). The number of nitrogens with one attached hydrogen (secondary N) is 1. The average Bonchev–Trinajstić information content (AvgIpc) is 2.81. The van der Waals surface area contributed by atoms with Gasteiger partial charge in [-0.05, 0) is 13.8 Å². The van der Waals surface area contributed by atoms with Crippen LogP contribution in [0.15, 0.2) is 10.6 Å². The second kappa shape index (κ2) is 6.83. The van der Waals surface area contributed by atoms with Gasteiger partial charge in [-0.15, -0.1) is 0 Å². The number of amides is 1. The second-order valence-electron chi connectivity index (χ2n) is 5.13. The van der Waals surface area contributed by atoms with Crippen molar-refractivity contribution in [2.75, 3.05) is 31.6 Å². The molecule has 1 aliphatic heterocycles. The number of aliphatic hydroxyl groups excluding tert-OH is 1. The lowest BCUT2D eigenvalue weighted by Crippen LogP contribution is -2.48. The molecule has 0 bridgehead atoms. The van der Waals surface area contributed by atoms with Gasteiger partial charge in [-0.2, -0.15) is 0 Å². The van der Waals surface area contributed by atoms with Crippen molar-refractivity contribution in [1.82, 2.24) is 10.1 Å². The molecule has 0 spiro atoms. The molecule has 1 saturated heterocycles. The molecule has 7 nitrogen and oxygen atoms in total. The number of aromatic nitrogens is 1. The van der Waals surface area contributed by atoms with Crippen molar-refractivity contribution < 1.29 is 19.2 Å². The number of aryl methyl sites for hydroxylation is 1. The van der Waals surface area contributed by atoms with Gasteiger partial charge in [-0.3, -0.25) is 9.69 Å². The largest absolute Gasteiger partial charge is 0.394 e. The van der Waals surface area contributed by atoms with Gasteiger partial charge in [0.2, 0.25) is 5.91 Å². The fourth-order valence-corrected chi connectivity index (χ4v) is 2.31. The zero-order chi connectivity index (χ0) is 14.5. The van der Waals surface area contributed by atoms with Crippen LogP contribution < -0.4 is 5.32 Å². The zero-order valence-electron chi connectivity index (χ0n) is 11.8. The molecular weight excluding hydrogens is 262 g/mol. The minimum atomic E-state index is -0.167. The first-order chi connectivity index (χ1) is 9.56. The van der Waals surface area contributed by atoms with E-state index >= 15 is 0 Å². The Morgan fingerprint density at radius 1 is 1.60 bits per heavy atom. The molecule has 7 heteroatoms. The lowest BCUT2D eigenvalue weighted by molar-refractivity contribution is -0.118. The molecule has 0 radical (unpaired) electrons. The third-order valence-electron chi connectivity index (χ3n) is 3.16. The van der Waals surface area contributed by atoms with Crippen LogP contribution >= 0.6 is 0 Å². The van der Waals surface area contributed by atoms with Crippen LogP contribution in [0.25, 0.3) is 0 Å². The van der Waals surface area contributed by atoms with E-state index in [1.165, 1.54) is 0 Å². The summed E-state index contributed by atoms with van der Waals surface area (Å²) in [5, 5.41) is 15.6. The summed E-state index contributed by atoms with van der Waals surface area (Å²) in [6.45, 7) is 5.79. The highest BCUT2D eigenvalue weighted by atomic mass is 16.5. The van der Waals surface area contributed by atoms with Crippen molar-refractivity contribution in [2.24, 2.45) is 0 Å². The van der Waals surface area contributed by atoms with Crippen LogP contribution in [0, 0.1) is 6.92 Å². The monoisotopic (exact) mass is 283 g/mol. The third-order valence-corrected chi connectivity index (χ3v) is 3.16. The number of hydrogen-bond donors (Lipinski definition) is 2. The van der Waals surface area contributed by atoms with Gasteiger partial charge in [-0.25, -0.2) is 0 Å². The van der Waals surface area contributed by atoms with Crippen LogP contribution in [0.3, 0.4) is 0 Å². The Kier molecular flexibility index (Phi) is 5.11. The van der Waals surface area contributed by atoms with E-state index in [4.69, 9.17) is 14.4 Å². The molecule has 2 unspecified atom stereocenters. The maximum Gasteiger partial charge on any atom is 0.226 e. The maximum atomic E-state index is 11.8. The Hall–Kier alpha value is -1.44. The van der Waals surface area contributed by atoms with E-state index in [-0.39, 0.29) is 24.7 Å². The lowest BCUT2D eigenvalue weighted by atomic mass is 10.2. The van der Waals surface area contributed by atoms with Crippen LogP contribution in [0.2, 0.25) is 0 Å². The summed E-state index contributed by atoms with van der Waals surface area (Å²) in [6.07, 6.45) is 0.277. The summed E-state index contributed by atoms with van der Waals surface area (Å²) < 4.78 is 10.4.